The highest BCUT2D eigenvalue weighted by Gasteiger charge is 2.12. The fourth-order valence-electron chi connectivity index (χ4n) is 2.22. The lowest BCUT2D eigenvalue weighted by atomic mass is 9.97. The highest BCUT2D eigenvalue weighted by atomic mass is 16.1. The molecular weight excluding hydrogens is 236 g/mol. The van der Waals surface area contributed by atoms with E-state index in [1.54, 1.807) is 6.92 Å². The summed E-state index contributed by atoms with van der Waals surface area (Å²) in [5.41, 5.74) is 0. The topological polar surface area (TPSA) is 34.1 Å². The van der Waals surface area contributed by atoms with Crippen LogP contribution in [-0.4, -0.2) is 11.6 Å². The summed E-state index contributed by atoms with van der Waals surface area (Å²) in [6.07, 6.45) is 12.6. The SMILES string of the molecule is CCCCCCCCCCCC(=O)C[C@H](C)C(C)=O. The minimum Gasteiger partial charge on any atom is -0.300 e. The zero-order chi connectivity index (χ0) is 14.5. The molecule has 0 aromatic carbocycles. The third kappa shape index (κ3) is 12.1. The van der Waals surface area contributed by atoms with E-state index in [9.17, 15) is 9.59 Å². The molecule has 0 amide bonds. The van der Waals surface area contributed by atoms with Gasteiger partial charge in [-0.25, -0.2) is 0 Å². The molecule has 0 rings (SSSR count). The van der Waals surface area contributed by atoms with Gasteiger partial charge in [-0.2, -0.15) is 0 Å². The van der Waals surface area contributed by atoms with Crippen LogP contribution < -0.4 is 0 Å². The summed E-state index contributed by atoms with van der Waals surface area (Å²) < 4.78 is 0. The molecule has 0 bridgehead atoms. The van der Waals surface area contributed by atoms with Crippen LogP contribution in [0.5, 0.6) is 0 Å². The van der Waals surface area contributed by atoms with Crippen molar-refractivity contribution >= 4 is 11.6 Å². The molecule has 19 heavy (non-hydrogen) atoms. The highest BCUT2D eigenvalue weighted by molar-refractivity contribution is 5.86. The van der Waals surface area contributed by atoms with E-state index in [4.69, 9.17) is 0 Å². The van der Waals surface area contributed by atoms with Crippen molar-refractivity contribution < 1.29 is 9.59 Å². The molecule has 0 radical (unpaired) electrons. The molecule has 2 nitrogen and oxygen atoms in total. The monoisotopic (exact) mass is 268 g/mol. The minimum atomic E-state index is -0.0916. The Morgan fingerprint density at radius 3 is 1.79 bits per heavy atom. The average Bonchev–Trinajstić information content (AvgIpc) is 2.36. The molecule has 0 aromatic heterocycles. The number of rotatable bonds is 13. The summed E-state index contributed by atoms with van der Waals surface area (Å²) in [4.78, 5) is 22.7. The zero-order valence-electron chi connectivity index (χ0n) is 13.2. The lowest BCUT2D eigenvalue weighted by Gasteiger charge is -2.06. The van der Waals surface area contributed by atoms with Gasteiger partial charge in [0.1, 0.15) is 11.6 Å². The summed E-state index contributed by atoms with van der Waals surface area (Å²) in [6.45, 7) is 5.65. The smallest absolute Gasteiger partial charge is 0.133 e. The number of hydrogen-bond donors (Lipinski definition) is 0. The van der Waals surface area contributed by atoms with Crippen molar-refractivity contribution in [1.29, 1.82) is 0 Å². The molecule has 0 N–H and O–H groups in total. The molecule has 1 atom stereocenters. The fourth-order valence-corrected chi connectivity index (χ4v) is 2.22. The Morgan fingerprint density at radius 2 is 1.32 bits per heavy atom. The molecule has 0 aliphatic rings. The van der Waals surface area contributed by atoms with Gasteiger partial charge in [0.2, 0.25) is 0 Å². The van der Waals surface area contributed by atoms with E-state index in [0.29, 0.717) is 12.8 Å². The van der Waals surface area contributed by atoms with Gasteiger partial charge in [0.15, 0.2) is 0 Å². The lowest BCUT2D eigenvalue weighted by molar-refractivity contribution is -0.126. The Hall–Kier alpha value is -0.660. The van der Waals surface area contributed by atoms with Crippen LogP contribution in [0.3, 0.4) is 0 Å². The van der Waals surface area contributed by atoms with Gasteiger partial charge in [0.05, 0.1) is 0 Å². The minimum absolute atomic E-state index is 0.0916. The van der Waals surface area contributed by atoms with Gasteiger partial charge in [0.25, 0.3) is 0 Å². The molecule has 0 aliphatic heterocycles. The van der Waals surface area contributed by atoms with Gasteiger partial charge >= 0.3 is 0 Å². The van der Waals surface area contributed by atoms with E-state index >= 15 is 0 Å². The number of ketones is 2. The summed E-state index contributed by atoms with van der Waals surface area (Å²) in [5, 5.41) is 0. The van der Waals surface area contributed by atoms with Crippen LogP contribution in [0.1, 0.15) is 91.4 Å². The molecular formula is C17H32O2. The summed E-state index contributed by atoms with van der Waals surface area (Å²) >= 11 is 0. The van der Waals surface area contributed by atoms with Crippen molar-refractivity contribution in [2.75, 3.05) is 0 Å². The van der Waals surface area contributed by atoms with Crippen molar-refractivity contribution in [2.45, 2.75) is 91.4 Å². The third-order valence-electron chi connectivity index (χ3n) is 3.79. The van der Waals surface area contributed by atoms with Crippen molar-refractivity contribution in [3.8, 4) is 0 Å². The molecule has 0 saturated heterocycles. The molecule has 0 spiro atoms. The zero-order valence-corrected chi connectivity index (χ0v) is 13.2. The van der Waals surface area contributed by atoms with Crippen LogP contribution in [0.25, 0.3) is 0 Å². The van der Waals surface area contributed by atoms with Crippen molar-refractivity contribution in [2.24, 2.45) is 5.92 Å². The number of carbonyl (C=O) groups excluding carboxylic acids is 2. The standard InChI is InChI=1S/C17H32O2/c1-4-5-6-7-8-9-10-11-12-13-17(19)14-15(2)16(3)18/h15H,4-14H2,1-3H3/t15-/m0/s1. The fraction of sp³-hybridized carbons (Fsp3) is 0.882. The Balaban J connectivity index is 3.30. The number of unbranched alkanes of at least 4 members (excludes halogenated alkanes) is 8. The predicted molar refractivity (Wildman–Crippen MR) is 81.3 cm³/mol. The Kier molecular flexibility index (Phi) is 11.9. The maximum absolute atomic E-state index is 11.6. The van der Waals surface area contributed by atoms with Crippen LogP contribution in [0.2, 0.25) is 0 Å². The first kappa shape index (κ1) is 18.3. The van der Waals surface area contributed by atoms with Gasteiger partial charge in [-0.05, 0) is 13.3 Å². The van der Waals surface area contributed by atoms with Crippen LogP contribution >= 0.6 is 0 Å². The van der Waals surface area contributed by atoms with E-state index in [2.05, 4.69) is 6.92 Å². The molecule has 2 heteroatoms. The molecule has 0 fully saturated rings. The van der Waals surface area contributed by atoms with Crippen LogP contribution in [0.15, 0.2) is 0 Å². The second-order valence-corrected chi connectivity index (χ2v) is 5.83. The first-order chi connectivity index (χ1) is 9.07. The molecule has 0 aromatic rings. The summed E-state index contributed by atoms with van der Waals surface area (Å²) in [6, 6.07) is 0. The lowest BCUT2D eigenvalue weighted by Crippen LogP contribution is -2.12. The molecule has 0 unspecified atom stereocenters. The summed E-state index contributed by atoms with van der Waals surface area (Å²) in [5.74, 6) is 0.289. The number of carbonyl (C=O) groups is 2. The summed E-state index contributed by atoms with van der Waals surface area (Å²) in [7, 11) is 0. The van der Waals surface area contributed by atoms with Crippen molar-refractivity contribution in [3.05, 3.63) is 0 Å². The van der Waals surface area contributed by atoms with E-state index in [0.717, 1.165) is 12.8 Å². The maximum Gasteiger partial charge on any atom is 0.133 e. The third-order valence-corrected chi connectivity index (χ3v) is 3.79. The van der Waals surface area contributed by atoms with Gasteiger partial charge in [-0.15, -0.1) is 0 Å². The second kappa shape index (κ2) is 12.4. The van der Waals surface area contributed by atoms with Crippen molar-refractivity contribution in [3.63, 3.8) is 0 Å². The van der Waals surface area contributed by atoms with Crippen molar-refractivity contribution in [1.82, 2.24) is 0 Å². The molecule has 0 aliphatic carbocycles. The first-order valence-electron chi connectivity index (χ1n) is 8.10. The Bertz CT molecular complexity index is 246. The Morgan fingerprint density at radius 1 is 0.842 bits per heavy atom. The van der Waals surface area contributed by atoms with E-state index < -0.39 is 0 Å². The molecule has 112 valence electrons. The van der Waals surface area contributed by atoms with Gasteiger partial charge in [0, 0.05) is 18.8 Å². The predicted octanol–water partition coefficient (Wildman–Crippen LogP) is 5.09. The first-order valence-corrected chi connectivity index (χ1v) is 8.10. The van der Waals surface area contributed by atoms with Crippen LogP contribution in [0.4, 0.5) is 0 Å². The number of Topliss-reactive ketones (excluding diaryl/α,β-unsaturated/α-hetero) is 2. The van der Waals surface area contributed by atoms with E-state index in [-0.39, 0.29) is 17.5 Å². The Labute approximate surface area is 119 Å². The van der Waals surface area contributed by atoms with Crippen LogP contribution in [-0.2, 0) is 9.59 Å². The molecule has 0 heterocycles. The molecule has 0 saturated carbocycles. The van der Waals surface area contributed by atoms with Gasteiger partial charge in [-0.1, -0.05) is 65.2 Å². The number of hydrogen-bond acceptors (Lipinski definition) is 2. The van der Waals surface area contributed by atoms with Gasteiger partial charge < -0.3 is 0 Å². The second-order valence-electron chi connectivity index (χ2n) is 5.83. The van der Waals surface area contributed by atoms with E-state index in [1.165, 1.54) is 44.9 Å². The average molecular weight is 268 g/mol. The van der Waals surface area contributed by atoms with Crippen LogP contribution in [0, 0.1) is 5.92 Å². The van der Waals surface area contributed by atoms with E-state index in [1.807, 2.05) is 6.92 Å². The normalized spacial score (nSPS) is 12.4. The highest BCUT2D eigenvalue weighted by Crippen LogP contribution is 2.12. The maximum atomic E-state index is 11.6. The quantitative estimate of drug-likeness (QED) is 0.436. The van der Waals surface area contributed by atoms with Gasteiger partial charge in [-0.3, -0.25) is 9.59 Å². The largest absolute Gasteiger partial charge is 0.300 e.